The van der Waals surface area contributed by atoms with E-state index >= 15 is 0 Å². The number of nitrogen functional groups attached to an aromatic ring is 1. The van der Waals surface area contributed by atoms with Crippen LogP contribution in [0.4, 0.5) is 10.2 Å². The van der Waals surface area contributed by atoms with Crippen molar-refractivity contribution < 1.29 is 9.13 Å². The van der Waals surface area contributed by atoms with Crippen molar-refractivity contribution in [2.24, 2.45) is 5.92 Å². The average molecular weight is 311 g/mol. The minimum Gasteiger partial charge on any atom is -0.493 e. The molecule has 1 aromatic heterocycles. The first-order valence-corrected chi connectivity index (χ1v) is 7.47. The number of anilines is 1. The van der Waals surface area contributed by atoms with Crippen LogP contribution in [0, 0.1) is 11.7 Å². The molecule has 2 N–H and O–H groups in total. The average Bonchev–Trinajstić information content (AvgIpc) is 2.52. The summed E-state index contributed by atoms with van der Waals surface area (Å²) < 4.78 is 19.5. The summed E-state index contributed by atoms with van der Waals surface area (Å²) in [6.07, 6.45) is 1.43. The van der Waals surface area contributed by atoms with Gasteiger partial charge in [0.2, 0.25) is 0 Å². The second-order valence-corrected chi connectivity index (χ2v) is 5.87. The van der Waals surface area contributed by atoms with E-state index in [9.17, 15) is 4.39 Å². The standard InChI is InChI=1S/C18H18FN3O/c1-11(2)9-23-15-6-13(5-14(19)8-15)12-3-4-17-16(7-12)18(20)22-10-21-17/h3-8,10-11H,9H2,1-2H3,(H2,20,21,22). The number of hydrogen-bond acceptors (Lipinski definition) is 4. The Kier molecular flexibility index (Phi) is 4.10. The van der Waals surface area contributed by atoms with Crippen LogP contribution in [0.2, 0.25) is 0 Å². The molecule has 3 aromatic rings. The van der Waals surface area contributed by atoms with Gasteiger partial charge in [-0.3, -0.25) is 0 Å². The zero-order valence-electron chi connectivity index (χ0n) is 13.1. The van der Waals surface area contributed by atoms with Crippen molar-refractivity contribution in [2.75, 3.05) is 12.3 Å². The van der Waals surface area contributed by atoms with Gasteiger partial charge in [-0.05, 0) is 41.3 Å². The minimum absolute atomic E-state index is 0.335. The Labute approximate surface area is 134 Å². The molecule has 0 amide bonds. The second-order valence-electron chi connectivity index (χ2n) is 5.87. The first-order valence-electron chi connectivity index (χ1n) is 7.47. The first-order chi connectivity index (χ1) is 11.0. The molecule has 1 heterocycles. The highest BCUT2D eigenvalue weighted by molar-refractivity contribution is 5.91. The molecule has 0 unspecified atom stereocenters. The van der Waals surface area contributed by atoms with Gasteiger partial charge in [-0.2, -0.15) is 0 Å². The van der Waals surface area contributed by atoms with Crippen LogP contribution in [0.15, 0.2) is 42.7 Å². The lowest BCUT2D eigenvalue weighted by atomic mass is 10.0. The van der Waals surface area contributed by atoms with Gasteiger partial charge in [-0.25, -0.2) is 14.4 Å². The third-order valence-electron chi connectivity index (χ3n) is 3.45. The summed E-state index contributed by atoms with van der Waals surface area (Å²) in [5, 5.41) is 0.749. The van der Waals surface area contributed by atoms with E-state index in [0.717, 1.165) is 22.0 Å². The van der Waals surface area contributed by atoms with Gasteiger partial charge < -0.3 is 10.5 Å². The molecule has 4 nitrogen and oxygen atoms in total. The number of benzene rings is 2. The number of hydrogen-bond donors (Lipinski definition) is 1. The Morgan fingerprint density at radius 1 is 1.09 bits per heavy atom. The Hall–Kier alpha value is -2.69. The van der Waals surface area contributed by atoms with Gasteiger partial charge in [0.05, 0.1) is 12.1 Å². The SMILES string of the molecule is CC(C)COc1cc(F)cc(-c2ccc3ncnc(N)c3c2)c1. The van der Waals surface area contributed by atoms with Crippen LogP contribution in [-0.4, -0.2) is 16.6 Å². The molecular weight excluding hydrogens is 293 g/mol. The second kappa shape index (κ2) is 6.20. The lowest BCUT2D eigenvalue weighted by Gasteiger charge is -2.11. The molecule has 3 rings (SSSR count). The first kappa shape index (κ1) is 15.2. The monoisotopic (exact) mass is 311 g/mol. The van der Waals surface area contributed by atoms with E-state index in [4.69, 9.17) is 10.5 Å². The van der Waals surface area contributed by atoms with Crippen molar-refractivity contribution in [2.45, 2.75) is 13.8 Å². The Morgan fingerprint density at radius 2 is 1.91 bits per heavy atom. The van der Waals surface area contributed by atoms with E-state index in [1.165, 1.54) is 18.5 Å². The summed E-state index contributed by atoms with van der Waals surface area (Å²) in [7, 11) is 0. The van der Waals surface area contributed by atoms with E-state index in [-0.39, 0.29) is 5.82 Å². The normalized spacial score (nSPS) is 11.1. The summed E-state index contributed by atoms with van der Waals surface area (Å²) in [4.78, 5) is 8.16. The van der Waals surface area contributed by atoms with Gasteiger partial charge in [-0.15, -0.1) is 0 Å². The van der Waals surface area contributed by atoms with Crippen molar-refractivity contribution in [1.82, 2.24) is 9.97 Å². The van der Waals surface area contributed by atoms with Gasteiger partial charge in [0.1, 0.15) is 23.7 Å². The highest BCUT2D eigenvalue weighted by Crippen LogP contribution is 2.29. The van der Waals surface area contributed by atoms with E-state index in [0.29, 0.717) is 24.1 Å². The van der Waals surface area contributed by atoms with Crippen molar-refractivity contribution in [3.63, 3.8) is 0 Å². The Balaban J connectivity index is 2.02. The molecule has 0 fully saturated rings. The van der Waals surface area contributed by atoms with Crippen molar-refractivity contribution >= 4 is 16.7 Å². The smallest absolute Gasteiger partial charge is 0.134 e. The molecule has 2 aromatic carbocycles. The van der Waals surface area contributed by atoms with Gasteiger partial charge in [0, 0.05) is 11.5 Å². The molecule has 0 aliphatic heterocycles. The minimum atomic E-state index is -0.335. The molecule has 0 saturated heterocycles. The summed E-state index contributed by atoms with van der Waals surface area (Å²) in [6.45, 7) is 4.64. The highest BCUT2D eigenvalue weighted by atomic mass is 19.1. The Bertz CT molecular complexity index is 849. The van der Waals surface area contributed by atoms with Crippen LogP contribution in [0.5, 0.6) is 5.75 Å². The van der Waals surface area contributed by atoms with Gasteiger partial charge in [-0.1, -0.05) is 19.9 Å². The summed E-state index contributed by atoms with van der Waals surface area (Å²) in [6, 6.07) is 10.3. The molecule has 0 atom stereocenters. The molecule has 23 heavy (non-hydrogen) atoms. The predicted octanol–water partition coefficient (Wildman–Crippen LogP) is 4.05. The predicted molar refractivity (Wildman–Crippen MR) is 89.7 cm³/mol. The highest BCUT2D eigenvalue weighted by Gasteiger charge is 2.08. The van der Waals surface area contributed by atoms with Gasteiger partial charge >= 0.3 is 0 Å². The number of halogens is 1. The van der Waals surface area contributed by atoms with Crippen LogP contribution < -0.4 is 10.5 Å². The van der Waals surface area contributed by atoms with E-state index < -0.39 is 0 Å². The maximum atomic E-state index is 13.9. The van der Waals surface area contributed by atoms with Crippen LogP contribution in [0.25, 0.3) is 22.0 Å². The number of nitrogens with zero attached hydrogens (tertiary/aromatic N) is 2. The molecular formula is C18H18FN3O. The Morgan fingerprint density at radius 3 is 2.70 bits per heavy atom. The number of ether oxygens (including phenoxy) is 1. The number of aromatic nitrogens is 2. The molecule has 0 bridgehead atoms. The van der Waals surface area contributed by atoms with Crippen molar-refractivity contribution in [3.8, 4) is 16.9 Å². The molecule has 0 aliphatic rings. The summed E-state index contributed by atoms with van der Waals surface area (Å²) in [5.74, 6) is 0.966. The number of fused-ring (bicyclic) bond motifs is 1. The van der Waals surface area contributed by atoms with Crippen LogP contribution >= 0.6 is 0 Å². The van der Waals surface area contributed by atoms with Crippen LogP contribution in [0.3, 0.4) is 0 Å². The zero-order chi connectivity index (χ0) is 16.4. The summed E-state index contributed by atoms with van der Waals surface area (Å²) in [5.41, 5.74) is 8.22. The zero-order valence-corrected chi connectivity index (χ0v) is 13.1. The number of nitrogens with two attached hydrogens (primary N) is 1. The van der Waals surface area contributed by atoms with Crippen LogP contribution in [0.1, 0.15) is 13.8 Å². The summed E-state index contributed by atoms with van der Waals surface area (Å²) >= 11 is 0. The van der Waals surface area contributed by atoms with Crippen LogP contribution in [-0.2, 0) is 0 Å². The maximum Gasteiger partial charge on any atom is 0.134 e. The lowest BCUT2D eigenvalue weighted by Crippen LogP contribution is -2.04. The quantitative estimate of drug-likeness (QED) is 0.789. The molecule has 0 spiro atoms. The molecule has 0 radical (unpaired) electrons. The molecule has 0 saturated carbocycles. The van der Waals surface area contributed by atoms with E-state index in [1.54, 1.807) is 0 Å². The van der Waals surface area contributed by atoms with Crippen molar-refractivity contribution in [1.29, 1.82) is 0 Å². The van der Waals surface area contributed by atoms with E-state index in [2.05, 4.69) is 9.97 Å². The number of rotatable bonds is 4. The third-order valence-corrected chi connectivity index (χ3v) is 3.45. The molecule has 118 valence electrons. The molecule has 0 aliphatic carbocycles. The largest absolute Gasteiger partial charge is 0.493 e. The fourth-order valence-electron chi connectivity index (χ4n) is 2.33. The fraction of sp³-hybridized carbons (Fsp3) is 0.222. The lowest BCUT2D eigenvalue weighted by molar-refractivity contribution is 0.270. The topological polar surface area (TPSA) is 61.0 Å². The van der Waals surface area contributed by atoms with Gasteiger partial charge in [0.15, 0.2) is 0 Å². The van der Waals surface area contributed by atoms with Crippen molar-refractivity contribution in [3.05, 3.63) is 48.5 Å². The fourth-order valence-corrected chi connectivity index (χ4v) is 2.33. The third kappa shape index (κ3) is 3.39. The van der Waals surface area contributed by atoms with E-state index in [1.807, 2.05) is 38.1 Å². The molecule has 5 heteroatoms. The maximum absolute atomic E-state index is 13.9. The van der Waals surface area contributed by atoms with Gasteiger partial charge in [0.25, 0.3) is 0 Å².